The van der Waals surface area contributed by atoms with Gasteiger partial charge in [-0.3, -0.25) is 0 Å². The summed E-state index contributed by atoms with van der Waals surface area (Å²) in [4.78, 5) is 0.197. The number of benzene rings is 1. The normalized spacial score (nSPS) is 10.0. The summed E-state index contributed by atoms with van der Waals surface area (Å²) in [6.07, 6.45) is 0. The van der Waals surface area contributed by atoms with Crippen molar-refractivity contribution in [1.29, 1.82) is 0 Å². The van der Waals surface area contributed by atoms with E-state index in [2.05, 4.69) is 0 Å². The number of methoxy groups -OCH3 is 1. The standard InChI is InChI=1S/C9H10FNOS/c1-12-5-7-3-2-6(9(11)13)4-8(7)10/h2-4H,5H2,1H3,(H2,11,13). The van der Waals surface area contributed by atoms with Gasteiger partial charge in [0.05, 0.1) is 6.61 Å². The molecule has 0 aliphatic rings. The molecule has 13 heavy (non-hydrogen) atoms. The molecule has 0 aliphatic carbocycles. The third kappa shape index (κ3) is 2.47. The van der Waals surface area contributed by atoms with Crippen LogP contribution in [0.25, 0.3) is 0 Å². The molecule has 0 unspecified atom stereocenters. The maximum absolute atomic E-state index is 13.2. The fourth-order valence-electron chi connectivity index (χ4n) is 0.973. The Morgan fingerprint density at radius 1 is 1.62 bits per heavy atom. The second-order valence-electron chi connectivity index (χ2n) is 2.60. The Bertz CT molecular complexity index is 327. The molecule has 0 saturated carbocycles. The molecule has 0 atom stereocenters. The van der Waals surface area contributed by atoms with E-state index in [9.17, 15) is 4.39 Å². The summed E-state index contributed by atoms with van der Waals surface area (Å²) < 4.78 is 18.0. The van der Waals surface area contributed by atoms with Crippen LogP contribution in [-0.2, 0) is 11.3 Å². The van der Waals surface area contributed by atoms with Crippen LogP contribution in [0.15, 0.2) is 18.2 Å². The van der Waals surface area contributed by atoms with Gasteiger partial charge >= 0.3 is 0 Å². The molecule has 0 aromatic heterocycles. The molecule has 2 nitrogen and oxygen atoms in total. The van der Waals surface area contributed by atoms with Gasteiger partial charge in [-0.15, -0.1) is 0 Å². The molecule has 0 radical (unpaired) electrons. The summed E-state index contributed by atoms with van der Waals surface area (Å²) in [5.74, 6) is -0.341. The first-order valence-electron chi connectivity index (χ1n) is 3.72. The van der Waals surface area contributed by atoms with Crippen LogP contribution in [0.3, 0.4) is 0 Å². The molecule has 1 aromatic carbocycles. The van der Waals surface area contributed by atoms with Crippen LogP contribution in [0.4, 0.5) is 4.39 Å². The van der Waals surface area contributed by atoms with E-state index in [1.165, 1.54) is 13.2 Å². The number of thiocarbonyl (C=S) groups is 1. The number of hydrogen-bond acceptors (Lipinski definition) is 2. The van der Waals surface area contributed by atoms with Crippen molar-refractivity contribution in [2.45, 2.75) is 6.61 Å². The van der Waals surface area contributed by atoms with Gasteiger partial charge in [-0.05, 0) is 6.07 Å². The highest BCUT2D eigenvalue weighted by Gasteiger charge is 2.04. The second-order valence-corrected chi connectivity index (χ2v) is 3.04. The van der Waals surface area contributed by atoms with E-state index in [4.69, 9.17) is 22.7 Å². The van der Waals surface area contributed by atoms with Crippen molar-refractivity contribution in [3.05, 3.63) is 35.1 Å². The minimum atomic E-state index is -0.341. The molecule has 0 aliphatic heterocycles. The van der Waals surface area contributed by atoms with Gasteiger partial charge in [0.1, 0.15) is 10.8 Å². The monoisotopic (exact) mass is 199 g/mol. The van der Waals surface area contributed by atoms with Gasteiger partial charge < -0.3 is 10.5 Å². The molecule has 0 bridgehead atoms. The maximum atomic E-state index is 13.2. The summed E-state index contributed by atoms with van der Waals surface area (Å²) in [6.45, 7) is 0.253. The van der Waals surface area contributed by atoms with E-state index in [0.29, 0.717) is 11.1 Å². The van der Waals surface area contributed by atoms with Crippen LogP contribution >= 0.6 is 12.2 Å². The molecule has 0 fully saturated rings. The van der Waals surface area contributed by atoms with E-state index < -0.39 is 0 Å². The lowest BCUT2D eigenvalue weighted by molar-refractivity contribution is 0.181. The van der Waals surface area contributed by atoms with Gasteiger partial charge in [0.25, 0.3) is 0 Å². The van der Waals surface area contributed by atoms with Crippen molar-refractivity contribution in [1.82, 2.24) is 0 Å². The lowest BCUT2D eigenvalue weighted by Crippen LogP contribution is -2.10. The Hall–Kier alpha value is -1.00. The number of ether oxygens (including phenoxy) is 1. The maximum Gasteiger partial charge on any atom is 0.129 e. The molecule has 1 aromatic rings. The highest BCUT2D eigenvalue weighted by molar-refractivity contribution is 7.80. The molecular weight excluding hydrogens is 189 g/mol. The zero-order valence-electron chi connectivity index (χ0n) is 7.21. The third-order valence-electron chi connectivity index (χ3n) is 1.64. The van der Waals surface area contributed by atoms with Gasteiger partial charge in [-0.2, -0.15) is 0 Å². The van der Waals surface area contributed by atoms with E-state index in [1.54, 1.807) is 12.1 Å². The fourth-order valence-corrected chi connectivity index (χ4v) is 1.10. The summed E-state index contributed by atoms with van der Waals surface area (Å²) in [5, 5.41) is 0. The third-order valence-corrected chi connectivity index (χ3v) is 1.87. The predicted molar refractivity (Wildman–Crippen MR) is 53.0 cm³/mol. The molecule has 0 saturated heterocycles. The zero-order chi connectivity index (χ0) is 9.84. The molecular formula is C9H10FNOS. The van der Waals surface area contributed by atoms with E-state index in [-0.39, 0.29) is 17.4 Å². The minimum absolute atomic E-state index is 0.197. The molecule has 0 spiro atoms. The molecule has 70 valence electrons. The summed E-state index contributed by atoms with van der Waals surface area (Å²) in [7, 11) is 1.51. The van der Waals surface area contributed by atoms with Crippen molar-refractivity contribution in [2.24, 2.45) is 5.73 Å². The fraction of sp³-hybridized carbons (Fsp3) is 0.222. The van der Waals surface area contributed by atoms with Crippen molar-refractivity contribution < 1.29 is 9.13 Å². The van der Waals surface area contributed by atoms with Crippen LogP contribution in [0.5, 0.6) is 0 Å². The summed E-state index contributed by atoms with van der Waals surface area (Å²) in [5.41, 5.74) is 6.38. The van der Waals surface area contributed by atoms with E-state index in [0.717, 1.165) is 0 Å². The lowest BCUT2D eigenvalue weighted by atomic mass is 10.1. The van der Waals surface area contributed by atoms with Gasteiger partial charge in [-0.25, -0.2) is 4.39 Å². The molecule has 0 heterocycles. The van der Waals surface area contributed by atoms with Gasteiger partial charge in [0.2, 0.25) is 0 Å². The smallest absolute Gasteiger partial charge is 0.129 e. The van der Waals surface area contributed by atoms with Crippen LogP contribution in [-0.4, -0.2) is 12.1 Å². The van der Waals surface area contributed by atoms with Crippen LogP contribution in [0, 0.1) is 5.82 Å². The van der Waals surface area contributed by atoms with E-state index >= 15 is 0 Å². The van der Waals surface area contributed by atoms with Crippen LogP contribution in [0.1, 0.15) is 11.1 Å². The Balaban J connectivity index is 2.98. The largest absolute Gasteiger partial charge is 0.389 e. The Labute approximate surface area is 81.5 Å². The topological polar surface area (TPSA) is 35.2 Å². The molecule has 1 rings (SSSR count). The summed E-state index contributed by atoms with van der Waals surface area (Å²) >= 11 is 4.71. The SMILES string of the molecule is COCc1ccc(C(N)=S)cc1F. The van der Waals surface area contributed by atoms with Crippen LogP contribution in [0.2, 0.25) is 0 Å². The Kier molecular flexibility index (Phi) is 3.33. The van der Waals surface area contributed by atoms with Crippen LogP contribution < -0.4 is 5.73 Å². The molecule has 0 amide bonds. The van der Waals surface area contributed by atoms with Crippen molar-refractivity contribution in [2.75, 3.05) is 7.11 Å². The highest BCUT2D eigenvalue weighted by Crippen LogP contribution is 2.11. The second kappa shape index (κ2) is 4.30. The quantitative estimate of drug-likeness (QED) is 0.751. The van der Waals surface area contributed by atoms with Crippen molar-refractivity contribution in [3.8, 4) is 0 Å². The highest BCUT2D eigenvalue weighted by atomic mass is 32.1. The van der Waals surface area contributed by atoms with Gasteiger partial charge in [0.15, 0.2) is 0 Å². The van der Waals surface area contributed by atoms with Gasteiger partial charge in [-0.1, -0.05) is 24.4 Å². The van der Waals surface area contributed by atoms with Crippen molar-refractivity contribution >= 4 is 17.2 Å². The first kappa shape index (κ1) is 10.1. The molecule has 4 heteroatoms. The minimum Gasteiger partial charge on any atom is -0.389 e. The average Bonchev–Trinajstić information content (AvgIpc) is 2.08. The number of hydrogen-bond donors (Lipinski definition) is 1. The number of nitrogens with two attached hydrogens (primary N) is 1. The average molecular weight is 199 g/mol. The Morgan fingerprint density at radius 2 is 2.31 bits per heavy atom. The summed E-state index contributed by atoms with van der Waals surface area (Å²) in [6, 6.07) is 4.61. The molecule has 2 N–H and O–H groups in total. The first-order chi connectivity index (χ1) is 6.15. The predicted octanol–water partition coefficient (Wildman–Crippen LogP) is 1.61. The lowest BCUT2D eigenvalue weighted by Gasteiger charge is -2.03. The number of halogens is 1. The zero-order valence-corrected chi connectivity index (χ0v) is 8.03. The number of rotatable bonds is 3. The first-order valence-corrected chi connectivity index (χ1v) is 4.13. The Morgan fingerprint density at radius 3 is 2.77 bits per heavy atom. The van der Waals surface area contributed by atoms with Gasteiger partial charge in [0, 0.05) is 18.2 Å². The van der Waals surface area contributed by atoms with E-state index in [1.807, 2.05) is 0 Å². The van der Waals surface area contributed by atoms with Crippen molar-refractivity contribution in [3.63, 3.8) is 0 Å².